The first kappa shape index (κ1) is 13.0. The number of nitrogens with one attached hydrogen (secondary N) is 1. The van der Waals surface area contributed by atoms with Gasteiger partial charge in [0.05, 0.1) is 7.11 Å². The Bertz CT molecular complexity index is 427. The average molecular weight is 242 g/mol. The van der Waals surface area contributed by atoms with Crippen molar-refractivity contribution in [2.45, 2.75) is 6.54 Å². The van der Waals surface area contributed by atoms with Crippen LogP contribution in [0.1, 0.15) is 5.56 Å². The summed E-state index contributed by atoms with van der Waals surface area (Å²) in [5, 5.41) is 2.67. The van der Waals surface area contributed by atoms with Gasteiger partial charge < -0.3 is 15.8 Å². The Labute approximate surface area is 97.1 Å². The number of nitrogens with two attached hydrogens (primary N) is 1. The third-order valence-electron chi connectivity index (χ3n) is 1.92. The van der Waals surface area contributed by atoms with E-state index in [1.165, 1.54) is 25.4 Å². The van der Waals surface area contributed by atoms with Crippen molar-refractivity contribution in [2.75, 3.05) is 7.11 Å². The largest absolute Gasteiger partial charge is 0.490 e. The van der Waals surface area contributed by atoms with Crippen molar-refractivity contribution in [3.8, 4) is 0 Å². The van der Waals surface area contributed by atoms with Crippen molar-refractivity contribution < 1.29 is 18.3 Å². The molecule has 1 rings (SSSR count). The molecular formula is C11H12F2N2O2. The summed E-state index contributed by atoms with van der Waals surface area (Å²) in [6.07, 6.45) is 1.24. The lowest BCUT2D eigenvalue weighted by Gasteiger charge is -2.04. The van der Waals surface area contributed by atoms with Crippen LogP contribution in [0, 0.1) is 11.6 Å². The van der Waals surface area contributed by atoms with Gasteiger partial charge in [0.15, 0.2) is 5.76 Å². The first-order valence-corrected chi connectivity index (χ1v) is 4.75. The van der Waals surface area contributed by atoms with Crippen molar-refractivity contribution in [3.63, 3.8) is 0 Å². The predicted molar refractivity (Wildman–Crippen MR) is 57.5 cm³/mol. The van der Waals surface area contributed by atoms with E-state index in [0.29, 0.717) is 5.56 Å². The summed E-state index contributed by atoms with van der Waals surface area (Å²) in [6.45, 7) is 0.148. The molecule has 0 radical (unpaired) electrons. The van der Waals surface area contributed by atoms with Crippen LogP contribution in [-0.2, 0) is 16.1 Å². The molecule has 0 spiro atoms. The predicted octanol–water partition coefficient (Wildman–Crippen LogP) is 1.03. The molecule has 0 aliphatic rings. The van der Waals surface area contributed by atoms with E-state index in [-0.39, 0.29) is 12.3 Å². The zero-order valence-electron chi connectivity index (χ0n) is 9.17. The molecule has 0 aliphatic heterocycles. The number of halogens is 2. The number of hydrogen-bond donors (Lipinski definition) is 2. The molecule has 0 aliphatic carbocycles. The van der Waals surface area contributed by atoms with Gasteiger partial charge >= 0.3 is 0 Å². The Morgan fingerprint density at radius 2 is 2.00 bits per heavy atom. The fraction of sp³-hybridized carbons (Fsp3) is 0.182. The minimum Gasteiger partial charge on any atom is -0.490 e. The molecule has 0 heterocycles. The van der Waals surface area contributed by atoms with Crippen molar-refractivity contribution in [3.05, 3.63) is 47.4 Å². The molecule has 1 aromatic rings. The molecule has 0 aromatic heterocycles. The summed E-state index contributed by atoms with van der Waals surface area (Å²) in [5.74, 6) is -2.12. The monoisotopic (exact) mass is 242 g/mol. The molecule has 1 amide bonds. The zero-order chi connectivity index (χ0) is 12.8. The van der Waals surface area contributed by atoms with Crippen LogP contribution in [0.2, 0.25) is 0 Å². The lowest BCUT2D eigenvalue weighted by atomic mass is 10.2. The minimum absolute atomic E-state index is 0.0677. The Morgan fingerprint density at radius 1 is 1.41 bits per heavy atom. The van der Waals surface area contributed by atoms with Crippen LogP contribution in [0.25, 0.3) is 0 Å². The number of amides is 1. The first-order chi connectivity index (χ1) is 8.02. The van der Waals surface area contributed by atoms with Gasteiger partial charge in [0, 0.05) is 18.8 Å². The van der Waals surface area contributed by atoms with Crippen LogP contribution in [0.5, 0.6) is 0 Å². The molecule has 1 aromatic carbocycles. The summed E-state index contributed by atoms with van der Waals surface area (Å²) >= 11 is 0. The molecule has 17 heavy (non-hydrogen) atoms. The number of carbonyl (C=O) groups excluding carboxylic acids is 1. The van der Waals surface area contributed by atoms with E-state index in [9.17, 15) is 13.6 Å². The normalized spacial score (nSPS) is 11.1. The Morgan fingerprint density at radius 3 is 2.47 bits per heavy atom. The van der Waals surface area contributed by atoms with E-state index in [4.69, 9.17) is 5.73 Å². The molecular weight excluding hydrogens is 230 g/mol. The van der Waals surface area contributed by atoms with Crippen LogP contribution >= 0.6 is 0 Å². The quantitative estimate of drug-likeness (QED) is 0.598. The van der Waals surface area contributed by atoms with Crippen molar-refractivity contribution in [1.29, 1.82) is 0 Å². The molecule has 3 N–H and O–H groups in total. The van der Waals surface area contributed by atoms with E-state index in [1.807, 2.05) is 0 Å². The molecule has 4 nitrogen and oxygen atoms in total. The Balaban J connectivity index is 2.64. The molecule has 0 saturated heterocycles. The van der Waals surface area contributed by atoms with Crippen LogP contribution < -0.4 is 11.1 Å². The summed E-state index contributed by atoms with van der Waals surface area (Å²) in [7, 11) is 1.29. The van der Waals surface area contributed by atoms with E-state index >= 15 is 0 Å². The van der Waals surface area contributed by atoms with Crippen molar-refractivity contribution in [2.24, 2.45) is 5.73 Å². The molecule has 0 unspecified atom stereocenters. The third kappa shape index (κ3) is 4.10. The molecule has 0 bridgehead atoms. The van der Waals surface area contributed by atoms with Crippen LogP contribution in [-0.4, -0.2) is 13.0 Å². The van der Waals surface area contributed by atoms with Gasteiger partial charge in [-0.15, -0.1) is 0 Å². The second-order valence-electron chi connectivity index (χ2n) is 3.24. The summed E-state index contributed by atoms with van der Waals surface area (Å²) in [6, 6.07) is 3.14. The number of methoxy groups -OCH3 is 1. The number of benzene rings is 1. The highest BCUT2D eigenvalue weighted by molar-refractivity contribution is 5.89. The van der Waals surface area contributed by atoms with Crippen LogP contribution in [0.4, 0.5) is 8.78 Å². The molecule has 0 saturated carbocycles. The van der Waals surface area contributed by atoms with Crippen LogP contribution in [0.3, 0.4) is 0 Å². The summed E-state index contributed by atoms with van der Waals surface area (Å²) < 4.78 is 30.3. The lowest BCUT2D eigenvalue weighted by molar-refractivity contribution is -0.117. The van der Waals surface area contributed by atoms with Crippen molar-refractivity contribution >= 4 is 5.91 Å². The highest BCUT2D eigenvalue weighted by Crippen LogP contribution is 2.07. The molecule has 92 valence electrons. The SMILES string of the molecule is CO/C(=C/NCc1cc(F)cc(F)c1)C(N)=O. The smallest absolute Gasteiger partial charge is 0.285 e. The first-order valence-electron chi connectivity index (χ1n) is 4.75. The highest BCUT2D eigenvalue weighted by Gasteiger charge is 2.03. The van der Waals surface area contributed by atoms with Gasteiger partial charge in [-0.05, 0) is 17.7 Å². The van der Waals surface area contributed by atoms with E-state index < -0.39 is 17.5 Å². The van der Waals surface area contributed by atoms with Crippen LogP contribution in [0.15, 0.2) is 30.2 Å². The maximum Gasteiger partial charge on any atom is 0.285 e. The topological polar surface area (TPSA) is 64.3 Å². The molecule has 6 heteroatoms. The highest BCUT2D eigenvalue weighted by atomic mass is 19.1. The Hall–Kier alpha value is -2.11. The number of primary amides is 1. The van der Waals surface area contributed by atoms with Crippen molar-refractivity contribution in [1.82, 2.24) is 5.32 Å². The third-order valence-corrected chi connectivity index (χ3v) is 1.92. The lowest BCUT2D eigenvalue weighted by Crippen LogP contribution is -2.18. The Kier molecular flexibility index (Phi) is 4.45. The summed E-state index contributed by atoms with van der Waals surface area (Å²) in [5.41, 5.74) is 5.38. The van der Waals surface area contributed by atoms with Gasteiger partial charge in [0.1, 0.15) is 11.6 Å². The van der Waals surface area contributed by atoms with E-state index in [2.05, 4.69) is 10.1 Å². The fourth-order valence-electron chi connectivity index (χ4n) is 1.21. The number of carbonyl (C=O) groups is 1. The van der Waals surface area contributed by atoms with Gasteiger partial charge in [-0.3, -0.25) is 4.79 Å². The zero-order valence-corrected chi connectivity index (χ0v) is 9.17. The van der Waals surface area contributed by atoms with Gasteiger partial charge in [-0.1, -0.05) is 0 Å². The number of rotatable bonds is 5. The van der Waals surface area contributed by atoms with E-state index in [1.54, 1.807) is 0 Å². The van der Waals surface area contributed by atoms with Gasteiger partial charge in [-0.25, -0.2) is 8.78 Å². The minimum atomic E-state index is -0.731. The molecule has 0 fully saturated rings. The maximum atomic E-state index is 12.8. The van der Waals surface area contributed by atoms with Gasteiger partial charge in [0.2, 0.25) is 0 Å². The summed E-state index contributed by atoms with van der Waals surface area (Å²) in [4.78, 5) is 10.8. The average Bonchev–Trinajstić information content (AvgIpc) is 2.22. The second-order valence-corrected chi connectivity index (χ2v) is 3.24. The second kappa shape index (κ2) is 5.83. The van der Waals surface area contributed by atoms with E-state index in [0.717, 1.165) is 6.07 Å². The number of ether oxygens (including phenoxy) is 1. The standard InChI is InChI=1S/C11H12F2N2O2/c1-17-10(11(14)16)6-15-5-7-2-8(12)4-9(13)3-7/h2-4,6,15H,5H2,1H3,(H2,14,16)/b10-6+. The van der Waals surface area contributed by atoms with Gasteiger partial charge in [-0.2, -0.15) is 0 Å². The molecule has 0 atom stereocenters. The number of hydrogen-bond acceptors (Lipinski definition) is 3. The van der Waals surface area contributed by atoms with Gasteiger partial charge in [0.25, 0.3) is 5.91 Å². The maximum absolute atomic E-state index is 12.8. The fourth-order valence-corrected chi connectivity index (χ4v) is 1.21.